The monoisotopic (exact) mass is 544 g/mol. The number of nitrogens with zero attached hydrogens (tertiary/aromatic N) is 1. The number of nitrogens with two attached hydrogens (primary N) is 2. The summed E-state index contributed by atoms with van der Waals surface area (Å²) in [6.45, 7) is 3.97. The summed E-state index contributed by atoms with van der Waals surface area (Å²) in [5.41, 5.74) is 14.7. The van der Waals surface area contributed by atoms with Crippen molar-refractivity contribution in [1.82, 2.24) is 4.90 Å². The summed E-state index contributed by atoms with van der Waals surface area (Å²) < 4.78 is 6.32. The number of ether oxygens (including phenoxy) is 1. The number of thiophene rings is 1. The molecule has 4 rings (SSSR count). The zero-order valence-corrected chi connectivity index (χ0v) is 22.7. The van der Waals surface area contributed by atoms with Gasteiger partial charge in [0, 0.05) is 4.70 Å². The van der Waals surface area contributed by atoms with Crippen LogP contribution in [0.2, 0.25) is 0 Å². The Morgan fingerprint density at radius 2 is 1.67 bits per heavy atom. The highest BCUT2D eigenvalue weighted by Crippen LogP contribution is 2.29. The number of amides is 3. The highest BCUT2D eigenvalue weighted by molar-refractivity contribution is 7.20. The number of nitrogens with one attached hydrogen (secondary N) is 1. The zero-order chi connectivity index (χ0) is 27.9. The van der Waals surface area contributed by atoms with Crippen LogP contribution in [-0.4, -0.2) is 28.8 Å². The summed E-state index contributed by atoms with van der Waals surface area (Å²) >= 11 is 1.31. The first-order valence-corrected chi connectivity index (χ1v) is 13.5. The number of carbonyl (C=O) groups excluding carboxylic acids is 3. The van der Waals surface area contributed by atoms with Crippen LogP contribution >= 0.6 is 11.3 Å². The molecule has 0 radical (unpaired) electrons. The molecule has 3 aromatic carbocycles. The molecule has 0 bridgehead atoms. The highest BCUT2D eigenvalue weighted by Gasteiger charge is 2.29. The molecular formula is C30H32N4O4S. The van der Waals surface area contributed by atoms with Crippen molar-refractivity contribution >= 4 is 50.7 Å². The molecule has 0 spiro atoms. The zero-order valence-electron chi connectivity index (χ0n) is 21.9. The maximum Gasteiger partial charge on any atom is 0.417 e. The Hall–Kier alpha value is -4.21. The van der Waals surface area contributed by atoms with Crippen molar-refractivity contribution in [3.63, 3.8) is 0 Å². The minimum absolute atomic E-state index is 0.00578. The van der Waals surface area contributed by atoms with Crippen LogP contribution in [0, 0.1) is 5.92 Å². The second-order valence-electron chi connectivity index (χ2n) is 9.72. The fraction of sp³-hybridized carbons (Fsp3) is 0.233. The molecule has 8 nitrogen and oxygen atoms in total. The Morgan fingerprint density at radius 1 is 0.949 bits per heavy atom. The summed E-state index contributed by atoms with van der Waals surface area (Å²) in [4.78, 5) is 40.7. The molecule has 1 unspecified atom stereocenters. The van der Waals surface area contributed by atoms with Gasteiger partial charge in [0.05, 0.1) is 28.8 Å². The molecule has 0 aliphatic carbocycles. The van der Waals surface area contributed by atoms with Crippen LogP contribution in [0.1, 0.15) is 41.1 Å². The summed E-state index contributed by atoms with van der Waals surface area (Å²) in [6, 6.07) is 22.8. The van der Waals surface area contributed by atoms with Crippen LogP contribution < -0.4 is 16.8 Å². The fourth-order valence-corrected chi connectivity index (χ4v) is 5.12. The first kappa shape index (κ1) is 27.8. The number of nitrogen functional groups attached to an aromatic ring is 1. The SMILES string of the molecule is CC(C)CC(N)C(=O)N(Cc1ccc2cc(C(=O)Nc3ccccc3N)sc2c1)C(=O)OCc1ccccc1. The molecule has 0 aliphatic heterocycles. The second kappa shape index (κ2) is 12.6. The number of benzene rings is 3. The van der Waals surface area contributed by atoms with E-state index < -0.39 is 18.0 Å². The number of imide groups is 1. The van der Waals surface area contributed by atoms with Crippen molar-refractivity contribution in [3.8, 4) is 0 Å². The van der Waals surface area contributed by atoms with Crippen molar-refractivity contribution in [2.75, 3.05) is 11.1 Å². The number of carbonyl (C=O) groups is 3. The van der Waals surface area contributed by atoms with Crippen LogP contribution in [0.5, 0.6) is 0 Å². The predicted molar refractivity (Wildman–Crippen MR) is 155 cm³/mol. The van der Waals surface area contributed by atoms with E-state index in [0.717, 1.165) is 20.5 Å². The third kappa shape index (κ3) is 7.22. The maximum atomic E-state index is 13.2. The van der Waals surface area contributed by atoms with E-state index in [2.05, 4.69) is 5.32 Å². The van der Waals surface area contributed by atoms with E-state index in [9.17, 15) is 14.4 Å². The van der Waals surface area contributed by atoms with Gasteiger partial charge in [-0.15, -0.1) is 11.3 Å². The molecule has 1 aromatic heterocycles. The van der Waals surface area contributed by atoms with E-state index in [-0.39, 0.29) is 25.0 Å². The Balaban J connectivity index is 1.53. The van der Waals surface area contributed by atoms with Gasteiger partial charge in [-0.05, 0) is 53.1 Å². The van der Waals surface area contributed by atoms with Gasteiger partial charge < -0.3 is 21.5 Å². The smallest absolute Gasteiger partial charge is 0.417 e. The van der Waals surface area contributed by atoms with Gasteiger partial charge in [-0.2, -0.15) is 0 Å². The number of hydrogen-bond donors (Lipinski definition) is 3. The minimum Gasteiger partial charge on any atom is -0.444 e. The molecule has 4 aromatic rings. The predicted octanol–water partition coefficient (Wildman–Crippen LogP) is 5.77. The molecule has 9 heteroatoms. The average molecular weight is 545 g/mol. The van der Waals surface area contributed by atoms with Crippen molar-refractivity contribution in [2.24, 2.45) is 11.7 Å². The fourth-order valence-electron chi connectivity index (χ4n) is 4.10. The van der Waals surface area contributed by atoms with E-state index in [1.165, 1.54) is 11.3 Å². The number of anilines is 2. The average Bonchev–Trinajstić information content (AvgIpc) is 3.35. The molecule has 202 valence electrons. The Labute approximate surface area is 231 Å². The molecule has 1 heterocycles. The lowest BCUT2D eigenvalue weighted by molar-refractivity contribution is -0.131. The third-order valence-corrected chi connectivity index (χ3v) is 7.19. The maximum absolute atomic E-state index is 13.2. The molecule has 0 aliphatic rings. The van der Waals surface area contributed by atoms with Crippen molar-refractivity contribution in [3.05, 3.63) is 94.9 Å². The quantitative estimate of drug-likeness (QED) is 0.229. The number of rotatable bonds is 9. The van der Waals surface area contributed by atoms with Gasteiger partial charge in [-0.3, -0.25) is 9.59 Å². The highest BCUT2D eigenvalue weighted by atomic mass is 32.1. The van der Waals surface area contributed by atoms with Gasteiger partial charge in [-0.25, -0.2) is 9.69 Å². The Bertz CT molecular complexity index is 1470. The van der Waals surface area contributed by atoms with Crippen molar-refractivity contribution < 1.29 is 19.1 Å². The molecule has 1 atom stereocenters. The van der Waals surface area contributed by atoms with Gasteiger partial charge in [0.25, 0.3) is 5.91 Å². The molecular weight excluding hydrogens is 512 g/mol. The van der Waals surface area contributed by atoms with Crippen molar-refractivity contribution in [2.45, 2.75) is 39.5 Å². The minimum atomic E-state index is -0.833. The second-order valence-corrected chi connectivity index (χ2v) is 10.8. The topological polar surface area (TPSA) is 128 Å². The standard InChI is InChI=1S/C30H32N4O4S/c1-19(2)14-24(32)29(36)34(30(37)38-18-20-8-4-3-5-9-20)17-21-12-13-22-16-27(39-26(22)15-21)28(35)33-25-11-7-6-10-23(25)31/h3-13,15-16,19,24H,14,17-18,31-32H2,1-2H3,(H,33,35). The Morgan fingerprint density at radius 3 is 2.38 bits per heavy atom. The lowest BCUT2D eigenvalue weighted by Crippen LogP contribution is -2.47. The summed E-state index contributed by atoms with van der Waals surface area (Å²) in [5, 5.41) is 3.71. The van der Waals surface area contributed by atoms with Crippen LogP contribution in [0.25, 0.3) is 10.1 Å². The summed E-state index contributed by atoms with van der Waals surface area (Å²) in [6.07, 6.45) is -0.315. The lowest BCUT2D eigenvalue weighted by atomic mass is 10.0. The van der Waals surface area contributed by atoms with E-state index >= 15 is 0 Å². The first-order chi connectivity index (χ1) is 18.7. The first-order valence-electron chi connectivity index (χ1n) is 12.7. The summed E-state index contributed by atoms with van der Waals surface area (Å²) in [5.74, 6) is -0.574. The number of fused-ring (bicyclic) bond motifs is 1. The molecule has 0 saturated heterocycles. The molecule has 5 N–H and O–H groups in total. The van der Waals surface area contributed by atoms with Crippen LogP contribution in [0.4, 0.5) is 16.2 Å². The lowest BCUT2D eigenvalue weighted by Gasteiger charge is -2.24. The van der Waals surface area contributed by atoms with Crippen molar-refractivity contribution in [1.29, 1.82) is 0 Å². The van der Waals surface area contributed by atoms with Gasteiger partial charge in [0.15, 0.2) is 0 Å². The van der Waals surface area contributed by atoms with Gasteiger partial charge in [0.2, 0.25) is 5.91 Å². The Kier molecular flexibility index (Phi) is 8.96. The third-order valence-electron chi connectivity index (χ3n) is 6.09. The van der Waals surface area contributed by atoms with E-state index in [1.54, 1.807) is 30.3 Å². The van der Waals surface area contributed by atoms with Crippen LogP contribution in [0.15, 0.2) is 78.9 Å². The van der Waals surface area contributed by atoms with Gasteiger partial charge in [-0.1, -0.05) is 68.4 Å². The molecule has 3 amide bonds. The summed E-state index contributed by atoms with van der Waals surface area (Å²) in [7, 11) is 0. The van der Waals surface area contributed by atoms with Crippen LogP contribution in [-0.2, 0) is 22.7 Å². The van der Waals surface area contributed by atoms with Crippen LogP contribution in [0.3, 0.4) is 0 Å². The largest absolute Gasteiger partial charge is 0.444 e. The van der Waals surface area contributed by atoms with Gasteiger partial charge >= 0.3 is 6.09 Å². The molecule has 39 heavy (non-hydrogen) atoms. The normalized spacial score (nSPS) is 11.8. The molecule has 0 saturated carbocycles. The van der Waals surface area contributed by atoms with E-state index in [0.29, 0.717) is 28.2 Å². The number of para-hydroxylation sites is 2. The van der Waals surface area contributed by atoms with Gasteiger partial charge in [0.1, 0.15) is 6.61 Å². The number of hydrogen-bond acceptors (Lipinski definition) is 7. The van der Waals surface area contributed by atoms with E-state index in [1.807, 2.05) is 62.4 Å². The molecule has 0 fully saturated rings. The van der Waals surface area contributed by atoms with E-state index in [4.69, 9.17) is 16.2 Å².